The zero-order valence-corrected chi connectivity index (χ0v) is 7.81. The molecule has 1 aromatic carbocycles. The zero-order chi connectivity index (χ0) is 8.53. The Morgan fingerprint density at radius 1 is 1.00 bits per heavy atom. The molecule has 0 heterocycles. The third-order valence-corrected chi connectivity index (χ3v) is 1.37. The van der Waals surface area contributed by atoms with Crippen LogP contribution in [0.4, 0.5) is 0 Å². The van der Waals surface area contributed by atoms with E-state index >= 15 is 0 Å². The molecule has 0 saturated heterocycles. The number of benzene rings is 1. The summed E-state index contributed by atoms with van der Waals surface area (Å²) in [6.07, 6.45) is 0. The summed E-state index contributed by atoms with van der Waals surface area (Å²) in [7, 11) is 0. The lowest BCUT2D eigenvalue weighted by atomic mass is 10.2. The third-order valence-electron chi connectivity index (χ3n) is 0.988. The Balaban J connectivity index is 0.000000218. The molecule has 0 amide bonds. The monoisotopic (exact) mass is 188 g/mol. The van der Waals surface area contributed by atoms with Gasteiger partial charge in [-0.1, -0.05) is 59.1 Å². The van der Waals surface area contributed by atoms with E-state index in [1.165, 1.54) is 16.6 Å². The summed E-state index contributed by atoms with van der Waals surface area (Å²) >= 11 is 9.75. The molecule has 0 nitrogen and oxygen atoms in total. The molecule has 0 unspecified atom stereocenters. The highest BCUT2D eigenvalue weighted by atomic mass is 35.5. The van der Waals surface area contributed by atoms with Crippen LogP contribution in [0.25, 0.3) is 0 Å². The summed E-state index contributed by atoms with van der Waals surface area (Å²) in [5, 5.41) is 0. The molecule has 11 heavy (non-hydrogen) atoms. The highest BCUT2D eigenvalue weighted by Gasteiger charge is 1.72. The Bertz CT molecular complexity index is 188. The second kappa shape index (κ2) is 7.64. The molecule has 60 valence electrons. The number of rotatable bonds is 0. The topological polar surface area (TPSA) is 0 Å². The molecule has 0 atom stereocenters. The molecule has 0 aliphatic carbocycles. The van der Waals surface area contributed by atoms with Gasteiger partial charge in [0.15, 0.2) is 0 Å². The van der Waals surface area contributed by atoms with E-state index in [2.05, 4.69) is 19.1 Å². The molecule has 1 aromatic rings. The van der Waals surface area contributed by atoms with E-state index in [0.29, 0.717) is 0 Å². The maximum Gasteiger partial charge on any atom is 0.0156 e. The molecule has 0 radical (unpaired) electrons. The Morgan fingerprint density at radius 3 is 1.64 bits per heavy atom. The minimum Gasteiger partial charge on any atom is -0.0920 e. The van der Waals surface area contributed by atoms with Gasteiger partial charge in [0, 0.05) is 11.1 Å². The molecule has 2 heteroatoms. The molecule has 0 aromatic heterocycles. The van der Waals surface area contributed by atoms with Gasteiger partial charge in [-0.05, 0) is 6.92 Å². The van der Waals surface area contributed by atoms with Crippen molar-refractivity contribution in [3.05, 3.63) is 47.0 Å². The van der Waals surface area contributed by atoms with Crippen LogP contribution in [0.5, 0.6) is 0 Å². The Kier molecular flexibility index (Phi) is 7.33. The average Bonchev–Trinajstić information content (AvgIpc) is 2.07. The van der Waals surface area contributed by atoms with Crippen LogP contribution in [-0.4, -0.2) is 0 Å². The lowest BCUT2D eigenvalue weighted by Gasteiger charge is -1.82. The molecule has 0 spiro atoms. The standard InChI is InChI=1S/C7H8.C2H2Cl2/c1-7-5-3-2-4-6-7;3-1-2-4/h2-6H,1H3;1-2H. The molecule has 0 aliphatic heterocycles. The molecule has 1 rings (SSSR count). The van der Waals surface area contributed by atoms with Crippen molar-refractivity contribution in [1.82, 2.24) is 0 Å². The van der Waals surface area contributed by atoms with Gasteiger partial charge in [0.05, 0.1) is 0 Å². The second-order valence-corrected chi connectivity index (χ2v) is 2.41. The van der Waals surface area contributed by atoms with Crippen molar-refractivity contribution >= 4 is 23.2 Å². The van der Waals surface area contributed by atoms with E-state index < -0.39 is 0 Å². The summed E-state index contributed by atoms with van der Waals surface area (Å²) in [5.41, 5.74) is 3.80. The van der Waals surface area contributed by atoms with E-state index in [-0.39, 0.29) is 0 Å². The summed E-state index contributed by atoms with van der Waals surface area (Å²) < 4.78 is 0. The van der Waals surface area contributed by atoms with Gasteiger partial charge in [-0.15, -0.1) is 0 Å². The Labute approximate surface area is 77.4 Å². The van der Waals surface area contributed by atoms with Crippen molar-refractivity contribution in [1.29, 1.82) is 0 Å². The predicted octanol–water partition coefficient (Wildman–Crippen LogP) is 3.93. The summed E-state index contributed by atoms with van der Waals surface area (Å²) in [6.45, 7) is 2.08. The Hall–Kier alpha value is -0.460. The number of hydrogen-bond donors (Lipinski definition) is 0. The molecule has 0 aliphatic rings. The van der Waals surface area contributed by atoms with Crippen molar-refractivity contribution < 1.29 is 0 Å². The molecule has 0 bridgehead atoms. The van der Waals surface area contributed by atoms with E-state index in [9.17, 15) is 0 Å². The lowest BCUT2D eigenvalue weighted by molar-refractivity contribution is 1.48. The molecule has 0 N–H and O–H groups in total. The van der Waals surface area contributed by atoms with Gasteiger partial charge in [-0.25, -0.2) is 0 Å². The highest BCUT2D eigenvalue weighted by molar-refractivity contribution is 6.33. The van der Waals surface area contributed by atoms with Gasteiger partial charge in [0.25, 0.3) is 0 Å². The predicted molar refractivity (Wildman–Crippen MR) is 52.0 cm³/mol. The van der Waals surface area contributed by atoms with Crippen LogP contribution < -0.4 is 0 Å². The average molecular weight is 189 g/mol. The van der Waals surface area contributed by atoms with Crippen LogP contribution in [0.2, 0.25) is 0 Å². The van der Waals surface area contributed by atoms with Gasteiger partial charge >= 0.3 is 0 Å². The first kappa shape index (κ1) is 10.5. The lowest BCUT2D eigenvalue weighted by Crippen LogP contribution is -1.62. The molecular weight excluding hydrogens is 179 g/mol. The summed E-state index contributed by atoms with van der Waals surface area (Å²) in [6, 6.07) is 10.3. The van der Waals surface area contributed by atoms with Gasteiger partial charge in [-0.2, -0.15) is 0 Å². The molecular formula is C9H10Cl2. The molecule has 0 fully saturated rings. The summed E-state index contributed by atoms with van der Waals surface area (Å²) in [4.78, 5) is 0. The van der Waals surface area contributed by atoms with E-state index in [1.54, 1.807) is 0 Å². The van der Waals surface area contributed by atoms with Crippen molar-refractivity contribution in [3.63, 3.8) is 0 Å². The Morgan fingerprint density at radius 2 is 1.45 bits per heavy atom. The quantitative estimate of drug-likeness (QED) is 0.579. The van der Waals surface area contributed by atoms with Crippen LogP contribution in [0.15, 0.2) is 41.4 Å². The maximum absolute atomic E-state index is 4.87. The number of hydrogen-bond acceptors (Lipinski definition) is 0. The minimum absolute atomic E-state index is 1.24. The van der Waals surface area contributed by atoms with Crippen LogP contribution in [-0.2, 0) is 0 Å². The number of aryl methyl sites for hydroxylation is 1. The van der Waals surface area contributed by atoms with Crippen molar-refractivity contribution in [2.45, 2.75) is 6.92 Å². The fourth-order valence-corrected chi connectivity index (χ4v) is 0.534. The van der Waals surface area contributed by atoms with Crippen molar-refractivity contribution in [3.8, 4) is 0 Å². The van der Waals surface area contributed by atoms with Crippen LogP contribution in [0, 0.1) is 6.92 Å². The second-order valence-electron chi connectivity index (χ2n) is 1.91. The van der Waals surface area contributed by atoms with E-state index in [4.69, 9.17) is 23.2 Å². The molecule has 0 saturated carbocycles. The van der Waals surface area contributed by atoms with E-state index in [0.717, 1.165) is 0 Å². The fourth-order valence-electron chi connectivity index (χ4n) is 0.534. The first-order valence-electron chi connectivity index (χ1n) is 3.18. The largest absolute Gasteiger partial charge is 0.0920 e. The van der Waals surface area contributed by atoms with Crippen molar-refractivity contribution in [2.24, 2.45) is 0 Å². The zero-order valence-electron chi connectivity index (χ0n) is 6.30. The summed E-state index contributed by atoms with van der Waals surface area (Å²) in [5.74, 6) is 0. The minimum atomic E-state index is 1.24. The first-order valence-corrected chi connectivity index (χ1v) is 4.05. The normalized spacial score (nSPS) is 9.00. The first-order chi connectivity index (χ1) is 5.31. The number of halogens is 2. The third kappa shape index (κ3) is 7.44. The van der Waals surface area contributed by atoms with Crippen molar-refractivity contribution in [2.75, 3.05) is 0 Å². The van der Waals surface area contributed by atoms with Crippen LogP contribution >= 0.6 is 23.2 Å². The highest BCUT2D eigenvalue weighted by Crippen LogP contribution is 1.92. The van der Waals surface area contributed by atoms with Gasteiger partial charge < -0.3 is 0 Å². The van der Waals surface area contributed by atoms with Gasteiger partial charge in [-0.3, -0.25) is 0 Å². The van der Waals surface area contributed by atoms with Crippen LogP contribution in [0.3, 0.4) is 0 Å². The fraction of sp³-hybridized carbons (Fsp3) is 0.111. The SMILES string of the molecule is Cc1ccccc1.ClC=CCl. The van der Waals surface area contributed by atoms with Gasteiger partial charge in [0.1, 0.15) is 0 Å². The van der Waals surface area contributed by atoms with E-state index in [1.807, 2.05) is 18.2 Å². The van der Waals surface area contributed by atoms with Crippen LogP contribution in [0.1, 0.15) is 5.56 Å². The maximum atomic E-state index is 4.87. The van der Waals surface area contributed by atoms with Gasteiger partial charge in [0.2, 0.25) is 0 Å². The smallest absolute Gasteiger partial charge is 0.0156 e.